The number of carbonyl (C=O) groups is 1. The second-order valence-corrected chi connectivity index (χ2v) is 6.83. The monoisotopic (exact) mass is 364 g/mol. The molecule has 7 heteroatoms. The summed E-state index contributed by atoms with van der Waals surface area (Å²) in [4.78, 5) is 16.6. The summed E-state index contributed by atoms with van der Waals surface area (Å²) >= 11 is 1.52. The molecule has 1 aromatic carbocycles. The number of amides is 1. The first-order valence-corrected chi connectivity index (χ1v) is 9.17. The van der Waals surface area contributed by atoms with Crippen LogP contribution in [0.4, 0.5) is 4.39 Å². The highest BCUT2D eigenvalue weighted by Gasteiger charge is 2.28. The Balaban J connectivity index is 1.55. The predicted molar refractivity (Wildman–Crippen MR) is 92.9 cm³/mol. The minimum absolute atomic E-state index is 0.0936. The van der Waals surface area contributed by atoms with E-state index in [0.29, 0.717) is 26.2 Å². The molecule has 1 aromatic heterocycles. The summed E-state index contributed by atoms with van der Waals surface area (Å²) in [6.07, 6.45) is 0.728. The largest absolute Gasteiger partial charge is 0.379 e. The standard InChI is InChI=1S/C18H21FN2O3S/c1-12-6-14(19)3-2-13(12)7-18(22)21-16-4-5-23-9-17(16)24-8-15-10-25-11-20-15/h2-3,6,10-11,16-17H,4-5,7-9H2,1H3,(H,21,22)/t16-,17-/m1/s1. The van der Waals surface area contributed by atoms with Gasteiger partial charge in [-0.1, -0.05) is 6.07 Å². The van der Waals surface area contributed by atoms with Crippen molar-refractivity contribution in [3.63, 3.8) is 0 Å². The van der Waals surface area contributed by atoms with Crippen molar-refractivity contribution in [2.24, 2.45) is 0 Å². The third-order valence-electron chi connectivity index (χ3n) is 4.23. The van der Waals surface area contributed by atoms with E-state index >= 15 is 0 Å². The van der Waals surface area contributed by atoms with Crippen LogP contribution < -0.4 is 5.32 Å². The fraction of sp³-hybridized carbons (Fsp3) is 0.444. The van der Waals surface area contributed by atoms with E-state index in [1.165, 1.54) is 23.5 Å². The van der Waals surface area contributed by atoms with Crippen LogP contribution in [0.3, 0.4) is 0 Å². The lowest BCUT2D eigenvalue weighted by Crippen LogP contribution is -2.50. The smallest absolute Gasteiger partial charge is 0.224 e. The number of thiazole rings is 1. The minimum Gasteiger partial charge on any atom is -0.379 e. The van der Waals surface area contributed by atoms with Crippen molar-refractivity contribution >= 4 is 17.2 Å². The summed E-state index contributed by atoms with van der Waals surface area (Å²) < 4.78 is 24.5. The number of nitrogens with one attached hydrogen (secondary N) is 1. The van der Waals surface area contributed by atoms with Crippen LogP contribution >= 0.6 is 11.3 Å². The number of aromatic nitrogens is 1. The molecule has 1 fully saturated rings. The van der Waals surface area contributed by atoms with Crippen LogP contribution in [-0.4, -0.2) is 36.3 Å². The summed E-state index contributed by atoms with van der Waals surface area (Å²) in [5.74, 6) is -0.384. The Morgan fingerprint density at radius 3 is 3.16 bits per heavy atom. The average Bonchev–Trinajstić information content (AvgIpc) is 3.10. The Kier molecular flexibility index (Phi) is 6.12. The first-order chi connectivity index (χ1) is 12.1. The molecule has 0 bridgehead atoms. The van der Waals surface area contributed by atoms with Crippen LogP contribution in [0, 0.1) is 12.7 Å². The number of benzene rings is 1. The fourth-order valence-corrected chi connectivity index (χ4v) is 3.37. The molecule has 2 heterocycles. The lowest BCUT2D eigenvalue weighted by Gasteiger charge is -2.32. The van der Waals surface area contributed by atoms with Crippen LogP contribution in [0.1, 0.15) is 23.2 Å². The molecule has 1 N–H and O–H groups in total. The molecular formula is C18H21FN2O3S. The molecule has 2 aromatic rings. The highest BCUT2D eigenvalue weighted by Crippen LogP contribution is 2.15. The van der Waals surface area contributed by atoms with Gasteiger partial charge in [0, 0.05) is 12.0 Å². The zero-order chi connectivity index (χ0) is 17.6. The van der Waals surface area contributed by atoms with E-state index in [1.807, 2.05) is 5.38 Å². The maximum Gasteiger partial charge on any atom is 0.224 e. The van der Waals surface area contributed by atoms with E-state index in [-0.39, 0.29) is 30.3 Å². The second kappa shape index (κ2) is 8.51. The van der Waals surface area contributed by atoms with Crippen LogP contribution in [0.15, 0.2) is 29.1 Å². The van der Waals surface area contributed by atoms with Gasteiger partial charge < -0.3 is 14.8 Å². The molecule has 1 aliphatic heterocycles. The third kappa shape index (κ3) is 5.07. The Labute approximate surface area is 150 Å². The number of hydrogen-bond acceptors (Lipinski definition) is 5. The summed E-state index contributed by atoms with van der Waals surface area (Å²) in [7, 11) is 0. The van der Waals surface area contributed by atoms with Crippen molar-refractivity contribution in [2.75, 3.05) is 13.2 Å². The molecule has 3 rings (SSSR count). The Hall–Kier alpha value is -1.83. The average molecular weight is 364 g/mol. The molecule has 1 aliphatic rings. The van der Waals surface area contributed by atoms with Crippen molar-refractivity contribution in [1.29, 1.82) is 0 Å². The van der Waals surface area contributed by atoms with Gasteiger partial charge in [-0.15, -0.1) is 11.3 Å². The number of hydrogen-bond donors (Lipinski definition) is 1. The number of rotatable bonds is 6. The number of ether oxygens (including phenoxy) is 2. The van der Waals surface area contributed by atoms with E-state index in [1.54, 1.807) is 18.5 Å². The van der Waals surface area contributed by atoms with Crippen LogP contribution in [0.25, 0.3) is 0 Å². The van der Waals surface area contributed by atoms with Crippen molar-refractivity contribution < 1.29 is 18.7 Å². The van der Waals surface area contributed by atoms with E-state index < -0.39 is 0 Å². The first kappa shape index (κ1) is 18.0. The van der Waals surface area contributed by atoms with Crippen LogP contribution in [0.5, 0.6) is 0 Å². The normalized spacial score (nSPS) is 20.4. The summed E-state index contributed by atoms with van der Waals surface area (Å²) in [5, 5.41) is 4.97. The van der Waals surface area contributed by atoms with Gasteiger partial charge in [-0.05, 0) is 36.6 Å². The fourth-order valence-electron chi connectivity index (χ4n) is 2.83. The minimum atomic E-state index is -0.290. The second-order valence-electron chi connectivity index (χ2n) is 6.11. The Morgan fingerprint density at radius 1 is 1.52 bits per heavy atom. The summed E-state index contributed by atoms with van der Waals surface area (Å²) in [5.41, 5.74) is 4.24. The molecule has 1 saturated heterocycles. The van der Waals surface area contributed by atoms with E-state index in [4.69, 9.17) is 9.47 Å². The van der Waals surface area contributed by atoms with E-state index in [2.05, 4.69) is 10.3 Å². The molecule has 1 amide bonds. The van der Waals surface area contributed by atoms with Crippen molar-refractivity contribution in [1.82, 2.24) is 10.3 Å². The molecule has 0 spiro atoms. The zero-order valence-corrected chi connectivity index (χ0v) is 14.9. The Morgan fingerprint density at radius 2 is 2.40 bits per heavy atom. The molecule has 0 aliphatic carbocycles. The summed E-state index contributed by atoms with van der Waals surface area (Å²) in [6.45, 7) is 3.25. The molecular weight excluding hydrogens is 343 g/mol. The first-order valence-electron chi connectivity index (χ1n) is 8.22. The molecule has 25 heavy (non-hydrogen) atoms. The van der Waals surface area contributed by atoms with Gasteiger partial charge in [0.25, 0.3) is 0 Å². The highest BCUT2D eigenvalue weighted by atomic mass is 32.1. The van der Waals surface area contributed by atoms with Gasteiger partial charge in [-0.25, -0.2) is 9.37 Å². The van der Waals surface area contributed by atoms with Gasteiger partial charge in [-0.2, -0.15) is 0 Å². The predicted octanol–water partition coefficient (Wildman–Crippen LogP) is 2.62. The number of nitrogens with zero attached hydrogens (tertiary/aromatic N) is 1. The lowest BCUT2D eigenvalue weighted by atomic mass is 10.0. The third-order valence-corrected chi connectivity index (χ3v) is 4.87. The lowest BCUT2D eigenvalue weighted by molar-refractivity contribution is -0.126. The van der Waals surface area contributed by atoms with Gasteiger partial charge in [-0.3, -0.25) is 4.79 Å². The number of carbonyl (C=O) groups excluding carboxylic acids is 1. The zero-order valence-electron chi connectivity index (χ0n) is 14.0. The molecule has 5 nitrogen and oxygen atoms in total. The van der Waals surface area contributed by atoms with E-state index in [9.17, 15) is 9.18 Å². The Bertz CT molecular complexity index is 708. The topological polar surface area (TPSA) is 60.5 Å². The molecule has 2 atom stereocenters. The summed E-state index contributed by atoms with van der Waals surface area (Å²) in [6, 6.07) is 4.38. The van der Waals surface area contributed by atoms with Gasteiger partial charge in [0.15, 0.2) is 0 Å². The maximum absolute atomic E-state index is 13.2. The molecule has 134 valence electrons. The van der Waals surface area contributed by atoms with Crippen LogP contribution in [-0.2, 0) is 27.3 Å². The van der Waals surface area contributed by atoms with Crippen molar-refractivity contribution in [2.45, 2.75) is 38.5 Å². The van der Waals surface area contributed by atoms with Crippen LogP contribution in [0.2, 0.25) is 0 Å². The molecule has 0 radical (unpaired) electrons. The SMILES string of the molecule is Cc1cc(F)ccc1CC(=O)N[C@@H]1CCOC[C@H]1OCc1cscn1. The van der Waals surface area contributed by atoms with Crippen molar-refractivity contribution in [3.8, 4) is 0 Å². The number of halogens is 1. The highest BCUT2D eigenvalue weighted by molar-refractivity contribution is 7.07. The van der Waals surface area contributed by atoms with Gasteiger partial charge in [0.2, 0.25) is 5.91 Å². The van der Waals surface area contributed by atoms with Gasteiger partial charge in [0.05, 0.1) is 36.9 Å². The van der Waals surface area contributed by atoms with Crippen molar-refractivity contribution in [3.05, 3.63) is 51.7 Å². The quantitative estimate of drug-likeness (QED) is 0.856. The van der Waals surface area contributed by atoms with E-state index in [0.717, 1.165) is 16.8 Å². The number of aryl methyl sites for hydroxylation is 1. The van der Waals surface area contributed by atoms with Gasteiger partial charge >= 0.3 is 0 Å². The molecule has 0 unspecified atom stereocenters. The maximum atomic E-state index is 13.2. The van der Waals surface area contributed by atoms with Gasteiger partial charge in [0.1, 0.15) is 11.9 Å². The molecule has 0 saturated carbocycles.